The minimum Gasteiger partial charge on any atom is -0.342 e. The quantitative estimate of drug-likeness (QED) is 0.546. The maximum Gasteiger partial charge on any atom is 0.233 e. The lowest BCUT2D eigenvalue weighted by molar-refractivity contribution is -0.132. The zero-order valence-corrected chi connectivity index (χ0v) is 18.2. The Balaban J connectivity index is 0.000000220. The van der Waals surface area contributed by atoms with Crippen LogP contribution in [0.4, 0.5) is 0 Å². The number of rotatable bonds is 5. The number of amides is 2. The van der Waals surface area contributed by atoms with Crippen molar-refractivity contribution in [2.75, 3.05) is 31.9 Å². The van der Waals surface area contributed by atoms with E-state index in [0.717, 1.165) is 12.3 Å². The predicted molar refractivity (Wildman–Crippen MR) is 119 cm³/mol. The van der Waals surface area contributed by atoms with E-state index in [4.69, 9.17) is 0 Å². The number of thioether (sulfide) groups is 1. The number of nitrogens with zero attached hydrogens (tertiary/aromatic N) is 2. The third kappa shape index (κ3) is 6.64. The van der Waals surface area contributed by atoms with Gasteiger partial charge in [0.25, 0.3) is 0 Å². The summed E-state index contributed by atoms with van der Waals surface area (Å²) >= 11 is 1.60. The minimum atomic E-state index is 0.154. The largest absolute Gasteiger partial charge is 0.342 e. The van der Waals surface area contributed by atoms with Crippen LogP contribution in [0.1, 0.15) is 35.4 Å². The van der Waals surface area contributed by atoms with E-state index in [1.54, 1.807) is 16.7 Å². The van der Waals surface area contributed by atoms with E-state index in [2.05, 4.69) is 62.4 Å². The summed E-state index contributed by atoms with van der Waals surface area (Å²) in [6.45, 7) is 6.70. The van der Waals surface area contributed by atoms with E-state index in [0.29, 0.717) is 31.9 Å². The summed E-state index contributed by atoms with van der Waals surface area (Å²) in [5.41, 5.74) is 3.95. The third-order valence-corrected chi connectivity index (χ3v) is 6.50. The Morgan fingerprint density at radius 3 is 2.34 bits per heavy atom. The van der Waals surface area contributed by atoms with Crippen molar-refractivity contribution in [3.8, 4) is 0 Å². The second-order valence-corrected chi connectivity index (χ2v) is 8.78. The Hall–Kier alpha value is -2.27. The van der Waals surface area contributed by atoms with Gasteiger partial charge in [0.15, 0.2) is 0 Å². The number of hydrogen-bond acceptors (Lipinski definition) is 3. The molecule has 0 bridgehead atoms. The highest BCUT2D eigenvalue weighted by molar-refractivity contribution is 8.00. The van der Waals surface area contributed by atoms with Crippen molar-refractivity contribution in [3.05, 3.63) is 65.2 Å². The van der Waals surface area contributed by atoms with Crippen molar-refractivity contribution in [3.63, 3.8) is 0 Å². The van der Waals surface area contributed by atoms with E-state index in [1.165, 1.54) is 34.4 Å². The number of carbonyl (C=O) groups excluding carboxylic acids is 2. The number of benzene rings is 2. The molecule has 0 unspecified atom stereocenters. The lowest BCUT2D eigenvalue weighted by Gasteiger charge is -2.32. The summed E-state index contributed by atoms with van der Waals surface area (Å²) in [5, 5.41) is 0. The van der Waals surface area contributed by atoms with Crippen LogP contribution in [-0.2, 0) is 9.59 Å². The van der Waals surface area contributed by atoms with Crippen LogP contribution in [0.3, 0.4) is 0 Å². The van der Waals surface area contributed by atoms with Crippen molar-refractivity contribution in [2.24, 2.45) is 0 Å². The van der Waals surface area contributed by atoms with E-state index in [1.807, 2.05) is 4.90 Å². The normalized spacial score (nSPS) is 16.1. The molecule has 1 saturated heterocycles. The predicted octanol–water partition coefficient (Wildman–Crippen LogP) is 4.26. The van der Waals surface area contributed by atoms with Crippen LogP contribution in [0.15, 0.2) is 53.4 Å². The van der Waals surface area contributed by atoms with Crippen LogP contribution in [0.2, 0.25) is 0 Å². The molecule has 5 heteroatoms. The van der Waals surface area contributed by atoms with Gasteiger partial charge in [-0.05, 0) is 49.8 Å². The highest BCUT2D eigenvalue weighted by atomic mass is 32.2. The van der Waals surface area contributed by atoms with E-state index in [9.17, 15) is 9.59 Å². The maximum absolute atomic E-state index is 12.2. The molecule has 1 saturated carbocycles. The molecule has 2 aliphatic rings. The first-order valence-electron chi connectivity index (χ1n) is 10.3. The third-order valence-electron chi connectivity index (χ3n) is 5.36. The molecule has 1 aliphatic carbocycles. The Morgan fingerprint density at radius 2 is 1.72 bits per heavy atom. The van der Waals surface area contributed by atoms with Crippen molar-refractivity contribution in [1.82, 2.24) is 9.80 Å². The van der Waals surface area contributed by atoms with Gasteiger partial charge < -0.3 is 9.80 Å². The smallest absolute Gasteiger partial charge is 0.233 e. The van der Waals surface area contributed by atoms with Crippen LogP contribution in [0.25, 0.3) is 0 Å². The average Bonchev–Trinajstić information content (AvgIpc) is 3.61. The second-order valence-electron chi connectivity index (χ2n) is 7.76. The Morgan fingerprint density at radius 1 is 1.03 bits per heavy atom. The van der Waals surface area contributed by atoms with Crippen molar-refractivity contribution < 1.29 is 9.59 Å². The molecule has 2 fully saturated rings. The monoisotopic (exact) mass is 410 g/mol. The molecule has 0 spiro atoms. The summed E-state index contributed by atoms with van der Waals surface area (Å²) in [7, 11) is 0. The molecule has 154 valence electrons. The van der Waals surface area contributed by atoms with E-state index in [-0.39, 0.29) is 5.91 Å². The van der Waals surface area contributed by atoms with Crippen LogP contribution >= 0.6 is 11.8 Å². The molecule has 4 rings (SSSR count). The summed E-state index contributed by atoms with van der Waals surface area (Å²) in [6.07, 6.45) is 3.67. The van der Waals surface area contributed by atoms with Crippen LogP contribution in [0, 0.1) is 13.8 Å². The number of carbonyl (C=O) groups is 2. The fourth-order valence-electron chi connectivity index (χ4n) is 3.31. The number of piperazine rings is 1. The fraction of sp³-hybridized carbons (Fsp3) is 0.417. The zero-order chi connectivity index (χ0) is 20.6. The molecule has 0 N–H and O–H groups in total. The Labute approximate surface area is 178 Å². The summed E-state index contributed by atoms with van der Waals surface area (Å²) in [4.78, 5) is 27.5. The van der Waals surface area contributed by atoms with Crippen molar-refractivity contribution in [1.29, 1.82) is 0 Å². The first kappa shape index (κ1) is 21.4. The lowest BCUT2D eigenvalue weighted by atomic mass is 10.1. The fourth-order valence-corrected chi connectivity index (χ4v) is 4.34. The molecule has 0 atom stereocenters. The molecule has 2 amide bonds. The number of hydrogen-bond donors (Lipinski definition) is 0. The van der Waals surface area contributed by atoms with Gasteiger partial charge in [-0.3, -0.25) is 9.59 Å². The van der Waals surface area contributed by atoms with Gasteiger partial charge in [-0.15, -0.1) is 11.8 Å². The first-order chi connectivity index (χ1) is 14.1. The minimum absolute atomic E-state index is 0.154. The highest BCUT2D eigenvalue weighted by Crippen LogP contribution is 2.39. The Kier molecular flexibility index (Phi) is 7.76. The zero-order valence-electron chi connectivity index (χ0n) is 17.3. The van der Waals surface area contributed by atoms with Crippen LogP contribution < -0.4 is 0 Å². The molecule has 0 radical (unpaired) electrons. The van der Waals surface area contributed by atoms with Gasteiger partial charge in [0.05, 0.1) is 5.75 Å². The van der Waals surface area contributed by atoms with Gasteiger partial charge in [0.1, 0.15) is 0 Å². The molecule has 29 heavy (non-hydrogen) atoms. The summed E-state index contributed by atoms with van der Waals surface area (Å²) in [6, 6.07) is 17.0. The van der Waals surface area contributed by atoms with Crippen molar-refractivity contribution >= 4 is 24.1 Å². The van der Waals surface area contributed by atoms with Gasteiger partial charge >= 0.3 is 0 Å². The molecular formula is C24H30N2O2S. The van der Waals surface area contributed by atoms with Gasteiger partial charge in [-0.25, -0.2) is 0 Å². The highest BCUT2D eigenvalue weighted by Gasteiger charge is 2.22. The summed E-state index contributed by atoms with van der Waals surface area (Å²) < 4.78 is 0. The number of aryl methyl sites for hydroxylation is 2. The summed E-state index contributed by atoms with van der Waals surface area (Å²) in [5.74, 6) is 1.53. The van der Waals surface area contributed by atoms with Gasteiger partial charge in [0.2, 0.25) is 12.3 Å². The van der Waals surface area contributed by atoms with Crippen LogP contribution in [-0.4, -0.2) is 54.0 Å². The maximum atomic E-state index is 12.2. The van der Waals surface area contributed by atoms with E-state index >= 15 is 0 Å². The molecule has 1 heterocycles. The molecule has 2 aromatic rings. The topological polar surface area (TPSA) is 40.6 Å². The Bertz CT molecular complexity index is 813. The molecule has 1 aliphatic heterocycles. The second kappa shape index (κ2) is 10.5. The van der Waals surface area contributed by atoms with Gasteiger partial charge in [-0.2, -0.15) is 0 Å². The van der Waals surface area contributed by atoms with Crippen LogP contribution in [0.5, 0.6) is 0 Å². The molecule has 0 aromatic heterocycles. The average molecular weight is 411 g/mol. The molecule has 4 nitrogen and oxygen atoms in total. The van der Waals surface area contributed by atoms with Gasteiger partial charge in [-0.1, -0.05) is 48.0 Å². The van der Waals surface area contributed by atoms with E-state index < -0.39 is 0 Å². The van der Waals surface area contributed by atoms with Crippen molar-refractivity contribution in [2.45, 2.75) is 37.5 Å². The van der Waals surface area contributed by atoms with Gasteiger partial charge in [0, 0.05) is 31.1 Å². The molecule has 2 aromatic carbocycles. The standard InChI is InChI=1S/C15H20N2O2S.C9H10/c1-12-3-4-13(2)14(9-12)20-10-15(19)17-7-5-16(11-18)6-8-17;1-2-4-8(5-3-1)9-6-7-9/h3-4,9,11H,5-8,10H2,1-2H3;1-5,9H,6-7H2. The SMILES string of the molecule is Cc1ccc(C)c(SCC(=O)N2CCN(C=O)CC2)c1.c1ccc(C2CC2)cc1. The lowest BCUT2D eigenvalue weighted by Crippen LogP contribution is -2.48. The first-order valence-corrected chi connectivity index (χ1v) is 11.3. The molecular weight excluding hydrogens is 380 g/mol.